The molecule has 1 rings (SSSR count). The zero-order valence-corrected chi connectivity index (χ0v) is 10.1. The Labute approximate surface area is 95.6 Å². The summed E-state index contributed by atoms with van der Waals surface area (Å²) in [5, 5.41) is 9.49. The molecule has 16 heavy (non-hydrogen) atoms. The maximum absolute atomic E-state index is 11.7. The molecule has 0 radical (unpaired) electrons. The molecule has 0 fully saturated rings. The van der Waals surface area contributed by atoms with Gasteiger partial charge in [-0.2, -0.15) is 0 Å². The lowest BCUT2D eigenvalue weighted by atomic mass is 10.1. The minimum absolute atomic E-state index is 0.00882. The van der Waals surface area contributed by atoms with Crippen molar-refractivity contribution in [3.8, 4) is 0 Å². The van der Waals surface area contributed by atoms with Crippen molar-refractivity contribution in [1.82, 2.24) is 9.71 Å². The van der Waals surface area contributed by atoms with Gasteiger partial charge in [-0.25, -0.2) is 13.1 Å². The Kier molecular flexibility index (Phi) is 4.40. The maximum atomic E-state index is 11.7. The molecule has 90 valence electrons. The summed E-state index contributed by atoms with van der Waals surface area (Å²) in [5.74, 6) is 0.0107. The van der Waals surface area contributed by atoms with E-state index in [0.717, 1.165) is 0 Å². The Morgan fingerprint density at radius 3 is 2.69 bits per heavy atom. The van der Waals surface area contributed by atoms with E-state index in [2.05, 4.69) is 9.71 Å². The predicted octanol–water partition coefficient (Wildman–Crippen LogP) is 0.377. The molecular weight excluding hydrogens is 228 g/mol. The molecule has 1 unspecified atom stereocenters. The van der Waals surface area contributed by atoms with Crippen molar-refractivity contribution in [3.63, 3.8) is 0 Å². The summed E-state index contributed by atoms with van der Waals surface area (Å²) in [5.41, 5.74) is 0. The Balaban J connectivity index is 2.67. The molecule has 0 aliphatic rings. The first kappa shape index (κ1) is 13.1. The molecule has 0 bridgehead atoms. The second-order valence-electron chi connectivity index (χ2n) is 3.85. The van der Waals surface area contributed by atoms with Gasteiger partial charge in [0.2, 0.25) is 10.0 Å². The van der Waals surface area contributed by atoms with Crippen LogP contribution in [0.2, 0.25) is 0 Å². The average Bonchev–Trinajstić information content (AvgIpc) is 2.27. The lowest BCUT2D eigenvalue weighted by Crippen LogP contribution is -2.34. The number of nitrogens with zero attached hydrogens (tertiary/aromatic N) is 1. The lowest BCUT2D eigenvalue weighted by molar-refractivity contribution is 0.129. The molecule has 0 saturated carbocycles. The second-order valence-corrected chi connectivity index (χ2v) is 5.62. The van der Waals surface area contributed by atoms with Gasteiger partial charge in [0.25, 0.3) is 0 Å². The van der Waals surface area contributed by atoms with Crippen LogP contribution in [0.5, 0.6) is 0 Å². The highest BCUT2D eigenvalue weighted by Crippen LogP contribution is 2.06. The average molecular weight is 244 g/mol. The van der Waals surface area contributed by atoms with Gasteiger partial charge in [0.1, 0.15) is 4.90 Å². The quantitative estimate of drug-likeness (QED) is 0.784. The molecule has 0 aromatic carbocycles. The molecule has 6 heteroatoms. The first-order valence-electron chi connectivity index (χ1n) is 5.01. The number of hydrogen-bond acceptors (Lipinski definition) is 4. The first-order valence-corrected chi connectivity index (χ1v) is 6.49. The van der Waals surface area contributed by atoms with E-state index in [9.17, 15) is 13.5 Å². The van der Waals surface area contributed by atoms with E-state index in [1.165, 1.54) is 18.5 Å². The predicted molar refractivity (Wildman–Crippen MR) is 60.3 cm³/mol. The molecule has 1 heterocycles. The highest BCUT2D eigenvalue weighted by molar-refractivity contribution is 7.89. The topological polar surface area (TPSA) is 79.3 Å². The van der Waals surface area contributed by atoms with Crippen LogP contribution in [-0.4, -0.2) is 31.2 Å². The summed E-state index contributed by atoms with van der Waals surface area (Å²) in [6.07, 6.45) is 2.08. The van der Waals surface area contributed by atoms with Crippen LogP contribution in [0.25, 0.3) is 0 Å². The fourth-order valence-electron chi connectivity index (χ4n) is 1.02. The first-order chi connectivity index (χ1) is 7.43. The lowest BCUT2D eigenvalue weighted by Gasteiger charge is -2.14. The molecule has 0 amide bonds. The van der Waals surface area contributed by atoms with Crippen molar-refractivity contribution in [3.05, 3.63) is 24.5 Å². The van der Waals surface area contributed by atoms with Crippen molar-refractivity contribution < 1.29 is 13.5 Å². The molecule has 1 aromatic heterocycles. The van der Waals surface area contributed by atoms with Crippen LogP contribution in [0, 0.1) is 5.92 Å². The van der Waals surface area contributed by atoms with E-state index in [1.54, 1.807) is 6.07 Å². The third-order valence-corrected chi connectivity index (χ3v) is 3.61. The second kappa shape index (κ2) is 5.38. The minimum Gasteiger partial charge on any atom is -0.391 e. The molecule has 5 nitrogen and oxygen atoms in total. The third kappa shape index (κ3) is 3.55. The van der Waals surface area contributed by atoms with Crippen LogP contribution >= 0.6 is 0 Å². The van der Waals surface area contributed by atoms with Crippen molar-refractivity contribution in [2.75, 3.05) is 6.54 Å². The summed E-state index contributed by atoms with van der Waals surface area (Å²) in [6.45, 7) is 3.65. The highest BCUT2D eigenvalue weighted by Gasteiger charge is 2.17. The summed E-state index contributed by atoms with van der Waals surface area (Å²) < 4.78 is 25.7. The number of rotatable bonds is 5. The van der Waals surface area contributed by atoms with Gasteiger partial charge in [-0.15, -0.1) is 0 Å². The van der Waals surface area contributed by atoms with E-state index < -0.39 is 16.1 Å². The van der Waals surface area contributed by atoms with Crippen molar-refractivity contribution in [1.29, 1.82) is 0 Å². The van der Waals surface area contributed by atoms with E-state index in [-0.39, 0.29) is 17.4 Å². The summed E-state index contributed by atoms with van der Waals surface area (Å²) >= 11 is 0. The number of sulfonamides is 1. The standard InChI is InChI=1S/C10H16N2O3S/c1-8(2)10(13)7-12-16(14,15)9-4-3-5-11-6-9/h3-6,8,10,12-13H,7H2,1-2H3. The largest absolute Gasteiger partial charge is 0.391 e. The van der Waals surface area contributed by atoms with Crippen molar-refractivity contribution in [2.45, 2.75) is 24.8 Å². The fourth-order valence-corrected chi connectivity index (χ4v) is 2.03. The molecule has 0 spiro atoms. The minimum atomic E-state index is -3.56. The molecule has 1 atom stereocenters. The van der Waals surface area contributed by atoms with Gasteiger partial charge in [0, 0.05) is 18.9 Å². The van der Waals surface area contributed by atoms with Gasteiger partial charge >= 0.3 is 0 Å². The van der Waals surface area contributed by atoms with Gasteiger partial charge in [-0.05, 0) is 18.1 Å². The van der Waals surface area contributed by atoms with Crippen LogP contribution in [-0.2, 0) is 10.0 Å². The number of nitrogens with one attached hydrogen (secondary N) is 1. The molecular formula is C10H16N2O3S. The van der Waals surface area contributed by atoms with Crippen LogP contribution in [0.4, 0.5) is 0 Å². The van der Waals surface area contributed by atoms with Crippen LogP contribution in [0.3, 0.4) is 0 Å². The smallest absolute Gasteiger partial charge is 0.242 e. The monoisotopic (exact) mass is 244 g/mol. The summed E-state index contributed by atoms with van der Waals surface area (Å²) in [4.78, 5) is 3.83. The zero-order valence-electron chi connectivity index (χ0n) is 9.29. The molecule has 1 aromatic rings. The van der Waals surface area contributed by atoms with Crippen molar-refractivity contribution >= 4 is 10.0 Å². The van der Waals surface area contributed by atoms with E-state index >= 15 is 0 Å². The maximum Gasteiger partial charge on any atom is 0.242 e. The van der Waals surface area contributed by atoms with Gasteiger partial charge in [-0.3, -0.25) is 4.98 Å². The number of pyridine rings is 1. The Morgan fingerprint density at radius 2 is 2.19 bits per heavy atom. The Bertz CT molecular complexity index is 417. The molecule has 0 aliphatic heterocycles. The Hall–Kier alpha value is -0.980. The Morgan fingerprint density at radius 1 is 1.50 bits per heavy atom. The van der Waals surface area contributed by atoms with Crippen LogP contribution < -0.4 is 4.72 Å². The number of aliphatic hydroxyl groups excluding tert-OH is 1. The fraction of sp³-hybridized carbons (Fsp3) is 0.500. The number of aromatic nitrogens is 1. The zero-order chi connectivity index (χ0) is 12.2. The molecule has 0 saturated heterocycles. The van der Waals surface area contributed by atoms with Gasteiger partial charge in [0.05, 0.1) is 6.10 Å². The summed E-state index contributed by atoms with van der Waals surface area (Å²) in [6, 6.07) is 3.00. The van der Waals surface area contributed by atoms with Gasteiger partial charge < -0.3 is 5.11 Å². The molecule has 0 aliphatic carbocycles. The normalized spacial score (nSPS) is 14.0. The SMILES string of the molecule is CC(C)C(O)CNS(=O)(=O)c1cccnc1. The number of aliphatic hydroxyl groups is 1. The van der Waals surface area contributed by atoms with Crippen LogP contribution in [0.15, 0.2) is 29.4 Å². The van der Waals surface area contributed by atoms with Gasteiger partial charge in [-0.1, -0.05) is 13.8 Å². The molecule has 2 N–H and O–H groups in total. The van der Waals surface area contributed by atoms with E-state index in [1.807, 2.05) is 13.8 Å². The van der Waals surface area contributed by atoms with E-state index in [0.29, 0.717) is 0 Å². The third-order valence-electron chi connectivity index (χ3n) is 2.20. The van der Waals surface area contributed by atoms with Gasteiger partial charge in [0.15, 0.2) is 0 Å². The number of hydrogen-bond donors (Lipinski definition) is 2. The van der Waals surface area contributed by atoms with E-state index in [4.69, 9.17) is 0 Å². The highest BCUT2D eigenvalue weighted by atomic mass is 32.2. The van der Waals surface area contributed by atoms with Crippen molar-refractivity contribution in [2.24, 2.45) is 5.92 Å². The van der Waals surface area contributed by atoms with Crippen LogP contribution in [0.1, 0.15) is 13.8 Å². The summed E-state index contributed by atoms with van der Waals surface area (Å²) in [7, 11) is -3.56.